The summed E-state index contributed by atoms with van der Waals surface area (Å²) in [6, 6.07) is 0. The Morgan fingerprint density at radius 1 is 1.54 bits per heavy atom. The quantitative estimate of drug-likeness (QED) is 0.542. The molecule has 1 atom stereocenters. The Balaban J connectivity index is 2.89. The lowest BCUT2D eigenvalue weighted by molar-refractivity contribution is -0.154. The first-order valence-corrected chi connectivity index (χ1v) is 3.91. The molecule has 1 amide bonds. The Hall–Kier alpha value is -1.39. The molecular weight excluding hydrogens is 174 g/mol. The Morgan fingerprint density at radius 2 is 2.08 bits per heavy atom. The van der Waals surface area contributed by atoms with Crippen molar-refractivity contribution in [3.8, 4) is 0 Å². The van der Waals surface area contributed by atoms with Crippen LogP contribution in [-0.2, 0) is 14.4 Å². The van der Waals surface area contributed by atoms with Gasteiger partial charge in [-0.2, -0.15) is 0 Å². The molecule has 1 saturated heterocycles. The Bertz CT molecular complexity index is 262. The van der Waals surface area contributed by atoms with E-state index in [1.165, 1.54) is 0 Å². The fraction of sp³-hybridized carbons (Fsp3) is 0.625. The summed E-state index contributed by atoms with van der Waals surface area (Å²) in [4.78, 5) is 32.9. The van der Waals surface area contributed by atoms with Crippen molar-refractivity contribution in [2.75, 3.05) is 0 Å². The number of rotatable bonds is 1. The SMILES string of the molecule is CC1(C)CC(=O)C(C(=O)O)C(=O)N1. The van der Waals surface area contributed by atoms with Crippen LogP contribution >= 0.6 is 0 Å². The van der Waals surface area contributed by atoms with Crippen molar-refractivity contribution in [1.82, 2.24) is 5.32 Å². The molecule has 1 unspecified atom stereocenters. The molecule has 0 saturated carbocycles. The number of carbonyl (C=O) groups is 3. The van der Waals surface area contributed by atoms with E-state index in [0.29, 0.717) is 0 Å². The number of amides is 1. The van der Waals surface area contributed by atoms with E-state index >= 15 is 0 Å². The third-order valence-corrected chi connectivity index (χ3v) is 1.91. The van der Waals surface area contributed by atoms with E-state index in [1.54, 1.807) is 13.8 Å². The van der Waals surface area contributed by atoms with Gasteiger partial charge in [0.05, 0.1) is 0 Å². The number of aliphatic carboxylic acids is 1. The van der Waals surface area contributed by atoms with Crippen molar-refractivity contribution < 1.29 is 19.5 Å². The van der Waals surface area contributed by atoms with Crippen molar-refractivity contribution in [2.45, 2.75) is 25.8 Å². The minimum atomic E-state index is -1.52. The summed E-state index contributed by atoms with van der Waals surface area (Å²) < 4.78 is 0. The summed E-state index contributed by atoms with van der Waals surface area (Å²) in [5.41, 5.74) is -0.625. The lowest BCUT2D eigenvalue weighted by Crippen LogP contribution is -2.56. The van der Waals surface area contributed by atoms with Gasteiger partial charge in [-0.3, -0.25) is 14.4 Å². The second-order valence-electron chi connectivity index (χ2n) is 3.79. The van der Waals surface area contributed by atoms with Gasteiger partial charge in [0, 0.05) is 12.0 Å². The van der Waals surface area contributed by atoms with Gasteiger partial charge < -0.3 is 10.4 Å². The van der Waals surface area contributed by atoms with Crippen LogP contribution in [-0.4, -0.2) is 28.3 Å². The Morgan fingerprint density at radius 3 is 2.46 bits per heavy atom. The van der Waals surface area contributed by atoms with Gasteiger partial charge >= 0.3 is 5.97 Å². The molecule has 5 heteroatoms. The molecule has 13 heavy (non-hydrogen) atoms. The van der Waals surface area contributed by atoms with Crippen LogP contribution in [0.4, 0.5) is 0 Å². The lowest BCUT2D eigenvalue weighted by Gasteiger charge is -2.32. The predicted octanol–water partition coefficient (Wildman–Crippen LogP) is -0.445. The normalized spacial score (nSPS) is 26.8. The molecule has 1 heterocycles. The molecule has 1 fully saturated rings. The van der Waals surface area contributed by atoms with Crippen molar-refractivity contribution in [2.24, 2.45) is 5.92 Å². The zero-order valence-corrected chi connectivity index (χ0v) is 7.46. The first-order chi connectivity index (χ1) is 5.83. The second-order valence-corrected chi connectivity index (χ2v) is 3.79. The van der Waals surface area contributed by atoms with Gasteiger partial charge in [-0.15, -0.1) is 0 Å². The summed E-state index contributed by atoms with van der Waals surface area (Å²) in [6.45, 7) is 3.36. The van der Waals surface area contributed by atoms with Gasteiger partial charge in [0.2, 0.25) is 5.91 Å². The van der Waals surface area contributed by atoms with Crippen LogP contribution in [0, 0.1) is 5.92 Å². The van der Waals surface area contributed by atoms with E-state index in [0.717, 1.165) is 0 Å². The predicted molar refractivity (Wildman–Crippen MR) is 43.0 cm³/mol. The van der Waals surface area contributed by atoms with Crippen molar-refractivity contribution >= 4 is 17.7 Å². The highest BCUT2D eigenvalue weighted by molar-refractivity contribution is 6.17. The molecule has 0 aliphatic carbocycles. The van der Waals surface area contributed by atoms with E-state index in [1.807, 2.05) is 0 Å². The first kappa shape index (κ1) is 9.70. The highest BCUT2D eigenvalue weighted by Gasteiger charge is 2.43. The molecule has 0 aromatic heterocycles. The van der Waals surface area contributed by atoms with Gasteiger partial charge in [-0.05, 0) is 13.8 Å². The maximum Gasteiger partial charge on any atom is 0.323 e. The fourth-order valence-electron chi connectivity index (χ4n) is 1.38. The van der Waals surface area contributed by atoms with Gasteiger partial charge in [0.25, 0.3) is 0 Å². The van der Waals surface area contributed by atoms with Crippen LogP contribution in [0.3, 0.4) is 0 Å². The number of nitrogens with one attached hydrogen (secondary N) is 1. The number of hydrogen-bond donors (Lipinski definition) is 2. The highest BCUT2D eigenvalue weighted by Crippen LogP contribution is 2.19. The summed E-state index contributed by atoms with van der Waals surface area (Å²) in [7, 11) is 0. The maximum absolute atomic E-state index is 11.2. The smallest absolute Gasteiger partial charge is 0.323 e. The third kappa shape index (κ3) is 1.85. The van der Waals surface area contributed by atoms with Gasteiger partial charge in [-0.1, -0.05) is 0 Å². The molecular formula is C8H11NO4. The minimum absolute atomic E-state index is 0.0652. The maximum atomic E-state index is 11.2. The topological polar surface area (TPSA) is 83.5 Å². The zero-order valence-electron chi connectivity index (χ0n) is 7.46. The average Bonchev–Trinajstić information content (AvgIpc) is 1.78. The van der Waals surface area contributed by atoms with Crippen LogP contribution in [0.2, 0.25) is 0 Å². The van der Waals surface area contributed by atoms with Crippen molar-refractivity contribution in [1.29, 1.82) is 0 Å². The number of ketones is 1. The second kappa shape index (κ2) is 2.83. The highest BCUT2D eigenvalue weighted by atomic mass is 16.4. The number of Topliss-reactive ketones (excluding diaryl/α,β-unsaturated/α-hetero) is 1. The molecule has 0 aromatic rings. The monoisotopic (exact) mass is 185 g/mol. The number of hydrogen-bond acceptors (Lipinski definition) is 3. The van der Waals surface area contributed by atoms with E-state index in [4.69, 9.17) is 5.11 Å². The molecule has 0 aromatic carbocycles. The molecule has 0 bridgehead atoms. The van der Waals surface area contributed by atoms with E-state index in [2.05, 4.69) is 5.32 Å². The molecule has 0 spiro atoms. The zero-order chi connectivity index (χ0) is 10.2. The lowest BCUT2D eigenvalue weighted by atomic mass is 9.85. The summed E-state index contributed by atoms with van der Waals surface area (Å²) in [6.07, 6.45) is 0.0652. The van der Waals surface area contributed by atoms with E-state index < -0.39 is 29.1 Å². The first-order valence-electron chi connectivity index (χ1n) is 3.91. The molecule has 1 rings (SSSR count). The molecule has 0 radical (unpaired) electrons. The summed E-state index contributed by atoms with van der Waals surface area (Å²) in [5.74, 6) is -4.14. The van der Waals surface area contributed by atoms with Gasteiger partial charge in [0.15, 0.2) is 11.7 Å². The van der Waals surface area contributed by atoms with Crippen LogP contribution < -0.4 is 5.32 Å². The number of piperidine rings is 1. The number of carbonyl (C=O) groups excluding carboxylic acids is 2. The molecule has 1 aliphatic heterocycles. The number of carboxylic acid groups (broad SMARTS) is 1. The fourth-order valence-corrected chi connectivity index (χ4v) is 1.38. The Kier molecular flexibility index (Phi) is 2.11. The van der Waals surface area contributed by atoms with Crippen LogP contribution in [0.25, 0.3) is 0 Å². The van der Waals surface area contributed by atoms with Gasteiger partial charge in [0.1, 0.15) is 0 Å². The van der Waals surface area contributed by atoms with Crippen molar-refractivity contribution in [3.05, 3.63) is 0 Å². The molecule has 1 aliphatic rings. The van der Waals surface area contributed by atoms with Crippen LogP contribution in [0.1, 0.15) is 20.3 Å². The molecule has 72 valence electrons. The largest absolute Gasteiger partial charge is 0.480 e. The summed E-state index contributed by atoms with van der Waals surface area (Å²) in [5, 5.41) is 11.0. The minimum Gasteiger partial charge on any atom is -0.480 e. The Labute approximate surface area is 75.1 Å². The van der Waals surface area contributed by atoms with E-state index in [9.17, 15) is 14.4 Å². The summed E-state index contributed by atoms with van der Waals surface area (Å²) >= 11 is 0. The van der Waals surface area contributed by atoms with Crippen LogP contribution in [0.5, 0.6) is 0 Å². The average molecular weight is 185 g/mol. The van der Waals surface area contributed by atoms with Gasteiger partial charge in [-0.25, -0.2) is 0 Å². The molecule has 2 N–H and O–H groups in total. The standard InChI is InChI=1S/C8H11NO4/c1-8(2)3-4(10)5(7(12)13)6(11)9-8/h5H,3H2,1-2H3,(H,9,11)(H,12,13). The van der Waals surface area contributed by atoms with Crippen LogP contribution in [0.15, 0.2) is 0 Å². The van der Waals surface area contributed by atoms with E-state index in [-0.39, 0.29) is 6.42 Å². The number of carboxylic acids is 1. The molecule has 5 nitrogen and oxygen atoms in total. The van der Waals surface area contributed by atoms with Crippen molar-refractivity contribution in [3.63, 3.8) is 0 Å². The third-order valence-electron chi connectivity index (χ3n) is 1.91.